The molecule has 2 heterocycles. The number of thioether (sulfide) groups is 1. The minimum absolute atomic E-state index is 0.700. The van der Waals surface area contributed by atoms with Crippen LogP contribution in [0.3, 0.4) is 0 Å². The van der Waals surface area contributed by atoms with Crippen molar-refractivity contribution in [1.29, 1.82) is 0 Å². The number of guanidine groups is 1. The van der Waals surface area contributed by atoms with Gasteiger partial charge >= 0.3 is 0 Å². The lowest BCUT2D eigenvalue weighted by atomic mass is 10.2. The Kier molecular flexibility index (Phi) is 4.12. The monoisotopic (exact) mass is 255 g/mol. The van der Waals surface area contributed by atoms with Crippen LogP contribution in [0, 0.1) is 6.92 Å². The van der Waals surface area contributed by atoms with Gasteiger partial charge in [0.15, 0.2) is 5.96 Å². The third-order valence-corrected chi connectivity index (χ3v) is 4.56. The molecule has 0 aliphatic carbocycles. The Morgan fingerprint density at radius 2 is 2.19 bits per heavy atom. The summed E-state index contributed by atoms with van der Waals surface area (Å²) >= 11 is 3.71. The van der Waals surface area contributed by atoms with Gasteiger partial charge in [0.1, 0.15) is 0 Å². The largest absolute Gasteiger partial charge is 0.370 e. The Morgan fingerprint density at radius 1 is 1.44 bits per heavy atom. The fraction of sp³-hybridized carbons (Fsp3) is 0.545. The lowest BCUT2D eigenvalue weighted by Gasteiger charge is -2.27. The SMILES string of the molecule is Cc1cscc1CN=C(N)N1CCSCC1. The molecule has 3 nitrogen and oxygen atoms in total. The molecule has 1 aromatic rings. The van der Waals surface area contributed by atoms with Crippen LogP contribution >= 0.6 is 23.1 Å². The summed E-state index contributed by atoms with van der Waals surface area (Å²) in [5, 5.41) is 4.30. The van der Waals surface area contributed by atoms with E-state index in [2.05, 4.69) is 27.6 Å². The molecule has 0 spiro atoms. The number of hydrogen-bond donors (Lipinski definition) is 1. The lowest BCUT2D eigenvalue weighted by Crippen LogP contribution is -2.42. The minimum atomic E-state index is 0.700. The second-order valence-corrected chi connectivity index (χ2v) is 5.82. The van der Waals surface area contributed by atoms with E-state index in [1.165, 1.54) is 11.1 Å². The first-order chi connectivity index (χ1) is 7.77. The number of aliphatic imine (C=N–C) groups is 1. The zero-order chi connectivity index (χ0) is 11.4. The van der Waals surface area contributed by atoms with Crippen LogP contribution < -0.4 is 5.73 Å². The second-order valence-electron chi connectivity index (χ2n) is 3.85. The summed E-state index contributed by atoms with van der Waals surface area (Å²) in [4.78, 5) is 6.65. The molecule has 0 bridgehead atoms. The Morgan fingerprint density at radius 3 is 2.81 bits per heavy atom. The minimum Gasteiger partial charge on any atom is -0.370 e. The molecular formula is C11H17N3S2. The van der Waals surface area contributed by atoms with Gasteiger partial charge in [-0.1, -0.05) is 0 Å². The molecule has 0 unspecified atom stereocenters. The molecule has 1 saturated heterocycles. The Bertz CT molecular complexity index is 367. The highest BCUT2D eigenvalue weighted by Gasteiger charge is 2.11. The van der Waals surface area contributed by atoms with Crippen LogP contribution in [0.2, 0.25) is 0 Å². The predicted molar refractivity (Wildman–Crippen MR) is 73.3 cm³/mol. The summed E-state index contributed by atoms with van der Waals surface area (Å²) in [7, 11) is 0. The van der Waals surface area contributed by atoms with Crippen molar-refractivity contribution in [2.75, 3.05) is 24.6 Å². The van der Waals surface area contributed by atoms with E-state index in [-0.39, 0.29) is 0 Å². The molecule has 1 fully saturated rings. The van der Waals surface area contributed by atoms with Gasteiger partial charge in [0, 0.05) is 24.6 Å². The first kappa shape index (κ1) is 11.8. The van der Waals surface area contributed by atoms with Crippen molar-refractivity contribution in [3.8, 4) is 0 Å². The normalized spacial score (nSPS) is 17.8. The van der Waals surface area contributed by atoms with Gasteiger partial charge in [-0.25, -0.2) is 4.99 Å². The highest BCUT2D eigenvalue weighted by atomic mass is 32.2. The summed E-state index contributed by atoms with van der Waals surface area (Å²) < 4.78 is 0. The maximum absolute atomic E-state index is 5.99. The van der Waals surface area contributed by atoms with E-state index in [9.17, 15) is 0 Å². The van der Waals surface area contributed by atoms with Crippen molar-refractivity contribution >= 4 is 29.1 Å². The molecule has 1 aliphatic rings. The molecule has 0 atom stereocenters. The van der Waals surface area contributed by atoms with E-state index in [1.54, 1.807) is 11.3 Å². The number of rotatable bonds is 2. The second kappa shape index (κ2) is 5.59. The van der Waals surface area contributed by atoms with Crippen LogP contribution in [0.25, 0.3) is 0 Å². The Labute approximate surface area is 105 Å². The topological polar surface area (TPSA) is 41.6 Å². The first-order valence-electron chi connectivity index (χ1n) is 5.41. The molecule has 2 N–H and O–H groups in total. The average molecular weight is 255 g/mol. The lowest BCUT2D eigenvalue weighted by molar-refractivity contribution is 0.455. The number of aryl methyl sites for hydroxylation is 1. The zero-order valence-electron chi connectivity index (χ0n) is 9.48. The molecule has 0 saturated carbocycles. The van der Waals surface area contributed by atoms with Gasteiger partial charge in [0.05, 0.1) is 6.54 Å². The van der Waals surface area contributed by atoms with Crippen LogP contribution in [0.4, 0.5) is 0 Å². The van der Waals surface area contributed by atoms with Crippen LogP contribution in [-0.2, 0) is 6.54 Å². The molecular weight excluding hydrogens is 238 g/mol. The summed E-state index contributed by atoms with van der Waals surface area (Å²) in [5.74, 6) is 3.02. The quantitative estimate of drug-likeness (QED) is 0.648. The zero-order valence-corrected chi connectivity index (χ0v) is 11.1. The van der Waals surface area contributed by atoms with Gasteiger partial charge in [-0.05, 0) is 28.8 Å². The molecule has 2 rings (SSSR count). The fourth-order valence-electron chi connectivity index (χ4n) is 1.61. The van der Waals surface area contributed by atoms with Crippen molar-refractivity contribution in [2.45, 2.75) is 13.5 Å². The van der Waals surface area contributed by atoms with Crippen molar-refractivity contribution < 1.29 is 0 Å². The fourth-order valence-corrected chi connectivity index (χ4v) is 3.36. The number of nitrogens with zero attached hydrogens (tertiary/aromatic N) is 2. The standard InChI is InChI=1S/C11H17N3S2/c1-9-7-16-8-10(9)6-13-11(12)14-2-4-15-5-3-14/h7-8H,2-6H2,1H3,(H2,12,13). The van der Waals surface area contributed by atoms with E-state index in [4.69, 9.17) is 5.73 Å². The smallest absolute Gasteiger partial charge is 0.191 e. The summed E-state index contributed by atoms with van der Waals surface area (Å²) in [6, 6.07) is 0. The Balaban J connectivity index is 1.93. The number of thiophene rings is 1. The molecule has 1 aliphatic heterocycles. The predicted octanol–water partition coefficient (Wildman–Crippen LogP) is 1.92. The van der Waals surface area contributed by atoms with E-state index in [0.29, 0.717) is 12.5 Å². The van der Waals surface area contributed by atoms with Gasteiger partial charge in [-0.15, -0.1) is 0 Å². The number of nitrogens with two attached hydrogens (primary N) is 1. The molecule has 5 heteroatoms. The summed E-state index contributed by atoms with van der Waals surface area (Å²) in [5.41, 5.74) is 8.59. The molecule has 0 amide bonds. The van der Waals surface area contributed by atoms with E-state index in [0.717, 1.165) is 24.6 Å². The molecule has 1 aromatic heterocycles. The molecule has 88 valence electrons. The maximum atomic E-state index is 5.99. The van der Waals surface area contributed by atoms with Crippen LogP contribution in [0.1, 0.15) is 11.1 Å². The highest BCUT2D eigenvalue weighted by Crippen LogP contribution is 2.15. The van der Waals surface area contributed by atoms with Crippen molar-refractivity contribution in [3.05, 3.63) is 21.9 Å². The Hall–Kier alpha value is -0.680. The van der Waals surface area contributed by atoms with Crippen molar-refractivity contribution in [3.63, 3.8) is 0 Å². The van der Waals surface area contributed by atoms with Gasteiger partial charge in [0.2, 0.25) is 0 Å². The van der Waals surface area contributed by atoms with Crippen LogP contribution in [-0.4, -0.2) is 35.5 Å². The van der Waals surface area contributed by atoms with Crippen LogP contribution in [0.15, 0.2) is 15.8 Å². The van der Waals surface area contributed by atoms with Crippen LogP contribution in [0.5, 0.6) is 0 Å². The van der Waals surface area contributed by atoms with Gasteiger partial charge in [-0.3, -0.25) is 0 Å². The van der Waals surface area contributed by atoms with E-state index >= 15 is 0 Å². The van der Waals surface area contributed by atoms with Gasteiger partial charge in [0.25, 0.3) is 0 Å². The summed E-state index contributed by atoms with van der Waals surface area (Å²) in [6.07, 6.45) is 0. The van der Waals surface area contributed by atoms with E-state index < -0.39 is 0 Å². The third-order valence-electron chi connectivity index (χ3n) is 2.71. The van der Waals surface area contributed by atoms with E-state index in [1.807, 2.05) is 11.8 Å². The molecule has 0 aromatic carbocycles. The van der Waals surface area contributed by atoms with Crippen molar-refractivity contribution in [2.24, 2.45) is 10.7 Å². The van der Waals surface area contributed by atoms with Gasteiger partial charge < -0.3 is 10.6 Å². The van der Waals surface area contributed by atoms with Gasteiger partial charge in [-0.2, -0.15) is 23.1 Å². The highest BCUT2D eigenvalue weighted by molar-refractivity contribution is 7.99. The first-order valence-corrected chi connectivity index (χ1v) is 7.51. The molecule has 16 heavy (non-hydrogen) atoms. The molecule has 0 radical (unpaired) electrons. The average Bonchev–Trinajstić information content (AvgIpc) is 2.73. The third kappa shape index (κ3) is 2.92. The maximum Gasteiger partial charge on any atom is 0.191 e. The summed E-state index contributed by atoms with van der Waals surface area (Å²) in [6.45, 7) is 4.89. The number of hydrogen-bond acceptors (Lipinski definition) is 3. The van der Waals surface area contributed by atoms with Crippen molar-refractivity contribution in [1.82, 2.24) is 4.90 Å².